The lowest BCUT2D eigenvalue weighted by Gasteiger charge is -2.34. The number of nitrogens with two attached hydrogens (primary N) is 1. The summed E-state index contributed by atoms with van der Waals surface area (Å²) in [5.41, 5.74) is 5.81. The van der Waals surface area contributed by atoms with Crippen LogP contribution in [0.5, 0.6) is 0 Å². The largest absolute Gasteiger partial charge is 0.339 e. The first-order valence-electron chi connectivity index (χ1n) is 5.19. The van der Waals surface area contributed by atoms with Gasteiger partial charge in [-0.3, -0.25) is 0 Å². The number of halogens is 1. The van der Waals surface area contributed by atoms with Crippen molar-refractivity contribution < 1.29 is 4.52 Å². The van der Waals surface area contributed by atoms with E-state index in [1.165, 1.54) is 6.42 Å². The predicted molar refractivity (Wildman–Crippen MR) is 60.1 cm³/mol. The van der Waals surface area contributed by atoms with E-state index in [0.29, 0.717) is 6.42 Å². The van der Waals surface area contributed by atoms with E-state index in [0.717, 1.165) is 24.6 Å². The van der Waals surface area contributed by atoms with E-state index in [1.807, 2.05) is 6.92 Å². The molecule has 1 saturated carbocycles. The quantitative estimate of drug-likeness (QED) is 0.862. The van der Waals surface area contributed by atoms with Gasteiger partial charge in [0.05, 0.1) is 0 Å². The number of aromatic nitrogens is 2. The van der Waals surface area contributed by atoms with Gasteiger partial charge in [-0.05, 0) is 19.8 Å². The summed E-state index contributed by atoms with van der Waals surface area (Å²) < 4.78 is 5.26. The lowest BCUT2D eigenvalue weighted by molar-refractivity contribution is 0.194. The van der Waals surface area contributed by atoms with E-state index in [1.54, 1.807) is 0 Å². The van der Waals surface area contributed by atoms with Gasteiger partial charge in [0.1, 0.15) is 0 Å². The minimum atomic E-state index is 0. The summed E-state index contributed by atoms with van der Waals surface area (Å²) in [6.07, 6.45) is 4.28. The first-order valence-corrected chi connectivity index (χ1v) is 5.19. The molecule has 1 aliphatic rings. The number of hydrogen-bond donors (Lipinski definition) is 1. The summed E-state index contributed by atoms with van der Waals surface area (Å²) in [6.45, 7) is 4.13. The first kappa shape index (κ1) is 12.5. The number of rotatable bonds is 3. The Hall–Kier alpha value is -0.610. The van der Waals surface area contributed by atoms with Crippen molar-refractivity contribution in [3.8, 4) is 0 Å². The van der Waals surface area contributed by atoms with Crippen LogP contribution >= 0.6 is 12.4 Å². The molecule has 86 valence electrons. The number of hydrogen-bond acceptors (Lipinski definition) is 4. The summed E-state index contributed by atoms with van der Waals surface area (Å²) in [7, 11) is 0. The van der Waals surface area contributed by atoms with Crippen LogP contribution in [0.25, 0.3) is 0 Å². The average molecular weight is 232 g/mol. The summed E-state index contributed by atoms with van der Waals surface area (Å²) in [5, 5.41) is 3.94. The van der Waals surface area contributed by atoms with Gasteiger partial charge >= 0.3 is 0 Å². The highest BCUT2D eigenvalue weighted by Gasteiger charge is 2.38. The molecule has 1 heterocycles. The third-order valence-electron chi connectivity index (χ3n) is 2.95. The van der Waals surface area contributed by atoms with Crippen molar-refractivity contribution in [2.75, 3.05) is 0 Å². The minimum Gasteiger partial charge on any atom is -0.339 e. The molecule has 0 radical (unpaired) electrons. The van der Waals surface area contributed by atoms with Gasteiger partial charge in [0.2, 0.25) is 5.89 Å². The Kier molecular flexibility index (Phi) is 3.73. The molecule has 0 amide bonds. The SMILES string of the molecule is CC(N)Cc1noc(C2(C)CCC2)n1.Cl. The highest BCUT2D eigenvalue weighted by atomic mass is 35.5. The molecule has 0 aliphatic heterocycles. The fourth-order valence-electron chi connectivity index (χ4n) is 1.79. The Labute approximate surface area is 96.0 Å². The zero-order chi connectivity index (χ0) is 10.2. The first-order chi connectivity index (χ1) is 6.60. The average Bonchev–Trinajstić information content (AvgIpc) is 2.47. The topological polar surface area (TPSA) is 64.9 Å². The molecule has 5 heteroatoms. The van der Waals surface area contributed by atoms with Gasteiger partial charge in [0.25, 0.3) is 0 Å². The molecule has 0 saturated heterocycles. The van der Waals surface area contributed by atoms with Crippen LogP contribution in [0.3, 0.4) is 0 Å². The highest BCUT2D eigenvalue weighted by Crippen LogP contribution is 2.42. The third kappa shape index (κ3) is 2.49. The van der Waals surface area contributed by atoms with Gasteiger partial charge in [-0.2, -0.15) is 4.98 Å². The highest BCUT2D eigenvalue weighted by molar-refractivity contribution is 5.85. The van der Waals surface area contributed by atoms with Crippen LogP contribution in [0.2, 0.25) is 0 Å². The monoisotopic (exact) mass is 231 g/mol. The molecular weight excluding hydrogens is 214 g/mol. The number of nitrogens with zero attached hydrogens (tertiary/aromatic N) is 2. The van der Waals surface area contributed by atoms with E-state index in [4.69, 9.17) is 10.3 Å². The molecular formula is C10H18ClN3O. The standard InChI is InChI=1S/C10H17N3O.ClH/c1-7(11)6-8-12-9(14-13-8)10(2)4-3-5-10;/h7H,3-6,11H2,1-2H3;1H. The zero-order valence-electron chi connectivity index (χ0n) is 9.19. The van der Waals surface area contributed by atoms with Gasteiger partial charge in [-0.15, -0.1) is 12.4 Å². The minimum absolute atomic E-state index is 0. The predicted octanol–water partition coefficient (Wildman–Crippen LogP) is 1.82. The second kappa shape index (κ2) is 4.49. The molecule has 0 aromatic carbocycles. The zero-order valence-corrected chi connectivity index (χ0v) is 10.0. The van der Waals surface area contributed by atoms with Crippen molar-refractivity contribution in [2.45, 2.75) is 51.0 Å². The molecule has 2 rings (SSSR count). The van der Waals surface area contributed by atoms with Gasteiger partial charge in [-0.1, -0.05) is 18.5 Å². The Bertz CT molecular complexity index is 320. The van der Waals surface area contributed by atoms with Crippen molar-refractivity contribution in [1.29, 1.82) is 0 Å². The second-order valence-corrected chi connectivity index (χ2v) is 4.61. The molecule has 0 spiro atoms. The molecule has 1 aromatic heterocycles. The fraction of sp³-hybridized carbons (Fsp3) is 0.800. The summed E-state index contributed by atoms with van der Waals surface area (Å²) in [6, 6.07) is 0.0923. The van der Waals surface area contributed by atoms with Crippen molar-refractivity contribution in [3.05, 3.63) is 11.7 Å². The van der Waals surface area contributed by atoms with E-state index >= 15 is 0 Å². The van der Waals surface area contributed by atoms with E-state index in [-0.39, 0.29) is 23.9 Å². The summed E-state index contributed by atoms with van der Waals surface area (Å²) >= 11 is 0. The van der Waals surface area contributed by atoms with Gasteiger partial charge in [-0.25, -0.2) is 0 Å². The lowest BCUT2D eigenvalue weighted by Crippen LogP contribution is -2.30. The maximum Gasteiger partial charge on any atom is 0.232 e. The van der Waals surface area contributed by atoms with E-state index in [2.05, 4.69) is 17.1 Å². The Morgan fingerprint density at radius 1 is 1.53 bits per heavy atom. The molecule has 15 heavy (non-hydrogen) atoms. The molecule has 1 aromatic rings. The maximum atomic E-state index is 5.67. The second-order valence-electron chi connectivity index (χ2n) is 4.61. The molecule has 1 atom stereocenters. The van der Waals surface area contributed by atoms with Crippen LogP contribution in [0, 0.1) is 0 Å². The van der Waals surface area contributed by atoms with Gasteiger partial charge < -0.3 is 10.3 Å². The van der Waals surface area contributed by atoms with Crippen LogP contribution < -0.4 is 5.73 Å². The third-order valence-corrected chi connectivity index (χ3v) is 2.95. The van der Waals surface area contributed by atoms with Crippen molar-refractivity contribution in [3.63, 3.8) is 0 Å². The van der Waals surface area contributed by atoms with Gasteiger partial charge in [0.15, 0.2) is 5.82 Å². The Morgan fingerprint density at radius 2 is 2.20 bits per heavy atom. The molecule has 1 unspecified atom stereocenters. The Morgan fingerprint density at radius 3 is 2.67 bits per heavy atom. The maximum absolute atomic E-state index is 5.67. The van der Waals surface area contributed by atoms with Crippen LogP contribution in [0.4, 0.5) is 0 Å². The van der Waals surface area contributed by atoms with Gasteiger partial charge in [0, 0.05) is 17.9 Å². The smallest absolute Gasteiger partial charge is 0.232 e. The normalized spacial score (nSPS) is 20.2. The molecule has 4 nitrogen and oxygen atoms in total. The molecule has 1 fully saturated rings. The summed E-state index contributed by atoms with van der Waals surface area (Å²) in [5.74, 6) is 1.53. The summed E-state index contributed by atoms with van der Waals surface area (Å²) in [4.78, 5) is 4.39. The van der Waals surface area contributed by atoms with E-state index in [9.17, 15) is 0 Å². The Balaban J connectivity index is 0.00000112. The van der Waals surface area contributed by atoms with Crippen molar-refractivity contribution in [2.24, 2.45) is 5.73 Å². The van der Waals surface area contributed by atoms with E-state index < -0.39 is 0 Å². The van der Waals surface area contributed by atoms with Crippen LogP contribution in [-0.4, -0.2) is 16.2 Å². The van der Waals surface area contributed by atoms with Crippen LogP contribution in [0.1, 0.15) is 44.8 Å². The molecule has 2 N–H and O–H groups in total. The van der Waals surface area contributed by atoms with Crippen LogP contribution in [-0.2, 0) is 11.8 Å². The lowest BCUT2D eigenvalue weighted by atomic mass is 9.70. The van der Waals surface area contributed by atoms with Crippen molar-refractivity contribution in [1.82, 2.24) is 10.1 Å². The fourth-order valence-corrected chi connectivity index (χ4v) is 1.79. The van der Waals surface area contributed by atoms with Crippen LogP contribution in [0.15, 0.2) is 4.52 Å². The van der Waals surface area contributed by atoms with Crippen molar-refractivity contribution >= 4 is 12.4 Å². The molecule has 1 aliphatic carbocycles. The molecule has 0 bridgehead atoms.